The van der Waals surface area contributed by atoms with Crippen LogP contribution in [0.4, 0.5) is 0 Å². The van der Waals surface area contributed by atoms with Crippen molar-refractivity contribution in [2.45, 2.75) is 18.9 Å². The second-order valence-corrected chi connectivity index (χ2v) is 7.11. The molecule has 1 saturated heterocycles. The summed E-state index contributed by atoms with van der Waals surface area (Å²) >= 11 is 0. The molecule has 21 heavy (non-hydrogen) atoms. The first-order valence-corrected chi connectivity index (χ1v) is 8.05. The molecule has 112 valence electrons. The van der Waals surface area contributed by atoms with Crippen LogP contribution in [0.25, 0.3) is 0 Å². The maximum absolute atomic E-state index is 12.3. The molecule has 8 heteroatoms. The number of ketones is 1. The van der Waals surface area contributed by atoms with Crippen molar-refractivity contribution in [3.05, 3.63) is 41.7 Å². The topological polar surface area (TPSA) is 96.8 Å². The summed E-state index contributed by atoms with van der Waals surface area (Å²) in [7, 11) is -3.53. The SMILES string of the molecule is CC1(c2ccncc2)OC(N2CCCS2(=O)=O)=C(O)C1=O. The van der Waals surface area contributed by atoms with Gasteiger partial charge in [0.2, 0.25) is 15.8 Å². The second-order valence-electron chi connectivity index (χ2n) is 5.10. The van der Waals surface area contributed by atoms with Gasteiger partial charge in [0.1, 0.15) is 0 Å². The Morgan fingerprint density at radius 2 is 2.05 bits per heavy atom. The Bertz CT molecular complexity index is 728. The molecule has 1 aromatic heterocycles. The number of hydrogen-bond acceptors (Lipinski definition) is 6. The number of aromatic nitrogens is 1. The summed E-state index contributed by atoms with van der Waals surface area (Å²) in [4.78, 5) is 16.2. The lowest BCUT2D eigenvalue weighted by atomic mass is 9.92. The summed E-state index contributed by atoms with van der Waals surface area (Å²) in [6, 6.07) is 3.18. The summed E-state index contributed by atoms with van der Waals surface area (Å²) in [5.41, 5.74) is -0.943. The third-order valence-corrected chi connectivity index (χ3v) is 5.53. The fourth-order valence-corrected chi connectivity index (χ4v) is 4.01. The molecule has 7 nitrogen and oxygen atoms in total. The first-order chi connectivity index (χ1) is 9.86. The van der Waals surface area contributed by atoms with Crippen molar-refractivity contribution in [1.82, 2.24) is 9.29 Å². The highest BCUT2D eigenvalue weighted by molar-refractivity contribution is 7.89. The normalized spacial score (nSPS) is 28.0. The Morgan fingerprint density at radius 1 is 1.38 bits per heavy atom. The highest BCUT2D eigenvalue weighted by Crippen LogP contribution is 2.40. The quantitative estimate of drug-likeness (QED) is 0.862. The van der Waals surface area contributed by atoms with Crippen molar-refractivity contribution in [3.63, 3.8) is 0 Å². The van der Waals surface area contributed by atoms with Crippen molar-refractivity contribution in [2.75, 3.05) is 12.3 Å². The van der Waals surface area contributed by atoms with Gasteiger partial charge in [-0.3, -0.25) is 9.78 Å². The summed E-state index contributed by atoms with van der Waals surface area (Å²) in [5.74, 6) is -1.62. The van der Waals surface area contributed by atoms with E-state index in [0.717, 1.165) is 4.31 Å². The van der Waals surface area contributed by atoms with E-state index in [1.807, 2.05) is 0 Å². The number of carbonyl (C=O) groups is 1. The van der Waals surface area contributed by atoms with E-state index in [2.05, 4.69) is 4.98 Å². The lowest BCUT2D eigenvalue weighted by Crippen LogP contribution is -2.32. The average molecular weight is 310 g/mol. The molecule has 2 aliphatic rings. The highest BCUT2D eigenvalue weighted by atomic mass is 32.2. The predicted octanol–water partition coefficient (Wildman–Crippen LogP) is 0.659. The van der Waals surface area contributed by atoms with Crippen LogP contribution in [0.15, 0.2) is 36.2 Å². The van der Waals surface area contributed by atoms with Crippen molar-refractivity contribution in [3.8, 4) is 0 Å². The molecule has 0 spiro atoms. The van der Waals surface area contributed by atoms with Gasteiger partial charge in [0.05, 0.1) is 5.75 Å². The van der Waals surface area contributed by atoms with E-state index in [0.29, 0.717) is 12.0 Å². The highest BCUT2D eigenvalue weighted by Gasteiger charge is 2.51. The molecule has 1 unspecified atom stereocenters. The number of sulfonamides is 1. The fourth-order valence-electron chi connectivity index (χ4n) is 2.51. The molecule has 1 fully saturated rings. The molecule has 1 N–H and O–H groups in total. The van der Waals surface area contributed by atoms with Gasteiger partial charge in [-0.25, -0.2) is 12.7 Å². The zero-order valence-corrected chi connectivity index (χ0v) is 12.1. The molecular weight excluding hydrogens is 296 g/mol. The Kier molecular flexibility index (Phi) is 2.94. The number of nitrogens with zero attached hydrogens (tertiary/aromatic N) is 2. The van der Waals surface area contributed by atoms with Crippen molar-refractivity contribution in [1.29, 1.82) is 0 Å². The maximum Gasteiger partial charge on any atom is 0.252 e. The zero-order chi connectivity index (χ0) is 15.3. The van der Waals surface area contributed by atoms with Gasteiger partial charge in [-0.15, -0.1) is 0 Å². The summed E-state index contributed by atoms with van der Waals surface area (Å²) in [6.45, 7) is 1.69. The predicted molar refractivity (Wildman–Crippen MR) is 72.4 cm³/mol. The number of ether oxygens (including phenoxy) is 1. The van der Waals surface area contributed by atoms with Gasteiger partial charge < -0.3 is 9.84 Å². The minimum atomic E-state index is -3.53. The van der Waals surface area contributed by atoms with E-state index in [-0.39, 0.29) is 18.2 Å². The first-order valence-electron chi connectivity index (χ1n) is 6.44. The molecule has 1 atom stereocenters. The van der Waals surface area contributed by atoms with Crippen LogP contribution in [0, 0.1) is 0 Å². The van der Waals surface area contributed by atoms with Crippen LogP contribution in [-0.2, 0) is 25.2 Å². The molecule has 3 heterocycles. The van der Waals surface area contributed by atoms with Gasteiger partial charge in [-0.05, 0) is 25.5 Å². The first kappa shape index (κ1) is 13.9. The smallest absolute Gasteiger partial charge is 0.252 e. The molecular formula is C13H14N2O5S. The third kappa shape index (κ3) is 1.98. The summed E-state index contributed by atoms with van der Waals surface area (Å²) in [6.07, 6.45) is 3.43. The van der Waals surface area contributed by atoms with Crippen LogP contribution in [0.1, 0.15) is 18.9 Å². The van der Waals surface area contributed by atoms with Gasteiger partial charge in [0, 0.05) is 24.5 Å². The molecule has 0 radical (unpaired) electrons. The van der Waals surface area contributed by atoms with Crippen LogP contribution in [0.2, 0.25) is 0 Å². The van der Waals surface area contributed by atoms with Crippen molar-refractivity contribution in [2.24, 2.45) is 0 Å². The molecule has 1 aromatic rings. The van der Waals surface area contributed by atoms with Crippen LogP contribution in [-0.4, -0.2) is 40.9 Å². The van der Waals surface area contributed by atoms with Crippen molar-refractivity contribution < 1.29 is 23.1 Å². The van der Waals surface area contributed by atoms with Crippen molar-refractivity contribution >= 4 is 15.8 Å². The number of rotatable bonds is 2. The lowest BCUT2D eigenvalue weighted by Gasteiger charge is -2.25. The lowest BCUT2D eigenvalue weighted by molar-refractivity contribution is -0.132. The number of Topliss-reactive ketones (excluding diaryl/α,β-unsaturated/α-hetero) is 1. The number of hydrogen-bond donors (Lipinski definition) is 1. The van der Waals surface area contributed by atoms with Gasteiger partial charge in [-0.2, -0.15) is 0 Å². The van der Waals surface area contributed by atoms with E-state index < -0.39 is 27.2 Å². The molecule has 0 bridgehead atoms. The zero-order valence-electron chi connectivity index (χ0n) is 11.3. The number of pyridine rings is 1. The van der Waals surface area contributed by atoms with E-state index in [1.54, 1.807) is 12.1 Å². The molecule has 0 aromatic carbocycles. The Hall–Kier alpha value is -2.09. The van der Waals surface area contributed by atoms with E-state index >= 15 is 0 Å². The van der Waals surface area contributed by atoms with E-state index in [1.165, 1.54) is 19.3 Å². The molecule has 0 saturated carbocycles. The summed E-state index contributed by atoms with van der Waals surface area (Å²) < 4.78 is 30.4. The van der Waals surface area contributed by atoms with Gasteiger partial charge in [0.25, 0.3) is 11.7 Å². The van der Waals surface area contributed by atoms with Crippen LogP contribution in [0.3, 0.4) is 0 Å². The minimum absolute atomic E-state index is 0.0205. The number of aliphatic hydroxyl groups is 1. The monoisotopic (exact) mass is 310 g/mol. The van der Waals surface area contributed by atoms with Crippen LogP contribution < -0.4 is 0 Å². The standard InChI is InChI=1S/C13H14N2O5S/c1-13(9-3-5-14-6-4-9)11(17)10(16)12(20-13)15-7-2-8-21(15,18)19/h3-6,16H,2,7-8H2,1H3. The molecule has 3 rings (SSSR count). The maximum atomic E-state index is 12.3. The minimum Gasteiger partial charge on any atom is -0.501 e. The summed E-state index contributed by atoms with van der Waals surface area (Å²) in [5, 5.41) is 10.0. The Labute approximate surface area is 121 Å². The Balaban J connectivity index is 2.02. The Morgan fingerprint density at radius 3 is 2.62 bits per heavy atom. The van der Waals surface area contributed by atoms with Gasteiger partial charge in [0.15, 0.2) is 5.60 Å². The van der Waals surface area contributed by atoms with E-state index in [4.69, 9.17) is 4.74 Å². The third-order valence-electron chi connectivity index (χ3n) is 3.71. The van der Waals surface area contributed by atoms with Gasteiger partial charge >= 0.3 is 0 Å². The number of aliphatic hydroxyl groups excluding tert-OH is 1. The van der Waals surface area contributed by atoms with E-state index in [9.17, 15) is 18.3 Å². The van der Waals surface area contributed by atoms with Crippen LogP contribution in [0.5, 0.6) is 0 Å². The van der Waals surface area contributed by atoms with Crippen LogP contribution >= 0.6 is 0 Å². The number of carbonyl (C=O) groups excluding carboxylic acids is 1. The second kappa shape index (κ2) is 4.45. The average Bonchev–Trinajstić information content (AvgIpc) is 2.93. The molecule has 0 aliphatic carbocycles. The molecule has 0 amide bonds. The largest absolute Gasteiger partial charge is 0.501 e. The fraction of sp³-hybridized carbons (Fsp3) is 0.385. The van der Waals surface area contributed by atoms with Gasteiger partial charge in [-0.1, -0.05) is 0 Å². The molecule has 2 aliphatic heterocycles.